The lowest BCUT2D eigenvalue weighted by Gasteiger charge is -2.21. The van der Waals surface area contributed by atoms with Crippen molar-refractivity contribution >= 4 is 23.2 Å². The number of nitro benzene ring substituents is 1. The van der Waals surface area contributed by atoms with E-state index in [1.807, 2.05) is 0 Å². The second kappa shape index (κ2) is 7.22. The normalized spacial score (nSPS) is 13.8. The summed E-state index contributed by atoms with van der Waals surface area (Å²) in [4.78, 5) is 34.2. The van der Waals surface area contributed by atoms with E-state index in [2.05, 4.69) is 10.6 Å². The highest BCUT2D eigenvalue weighted by Gasteiger charge is 2.20. The van der Waals surface area contributed by atoms with Gasteiger partial charge in [0.05, 0.1) is 23.1 Å². The number of fused-ring (bicyclic) bond motifs is 1. The highest BCUT2D eigenvalue weighted by atomic mass is 16.6. The van der Waals surface area contributed by atoms with Gasteiger partial charge in [-0.1, -0.05) is 24.3 Å². The molecule has 0 saturated carbocycles. The molecule has 0 spiro atoms. The zero-order valence-corrected chi connectivity index (χ0v) is 14.0. The summed E-state index contributed by atoms with van der Waals surface area (Å²) in [7, 11) is 0. The molecule has 0 unspecified atom stereocenters. The van der Waals surface area contributed by atoms with Gasteiger partial charge in [-0.3, -0.25) is 19.7 Å². The van der Waals surface area contributed by atoms with Gasteiger partial charge in [0.15, 0.2) is 6.61 Å². The Morgan fingerprint density at radius 3 is 2.88 bits per heavy atom. The Morgan fingerprint density at radius 2 is 2.12 bits per heavy atom. The Morgan fingerprint density at radius 1 is 1.35 bits per heavy atom. The second-order valence-corrected chi connectivity index (χ2v) is 5.94. The molecular weight excluding hydrogens is 338 g/mol. The van der Waals surface area contributed by atoms with Crippen molar-refractivity contribution in [3.63, 3.8) is 0 Å². The molecule has 0 radical (unpaired) electrons. The summed E-state index contributed by atoms with van der Waals surface area (Å²) in [5.41, 5.74) is 1.61. The molecule has 8 nitrogen and oxygen atoms in total. The van der Waals surface area contributed by atoms with E-state index in [0.29, 0.717) is 17.0 Å². The van der Waals surface area contributed by atoms with Crippen LogP contribution in [0.4, 0.5) is 11.4 Å². The molecule has 26 heavy (non-hydrogen) atoms. The monoisotopic (exact) mass is 355 g/mol. The highest BCUT2D eigenvalue weighted by molar-refractivity contribution is 5.95. The maximum atomic E-state index is 12.3. The van der Waals surface area contributed by atoms with E-state index in [4.69, 9.17) is 4.74 Å². The van der Waals surface area contributed by atoms with Crippen molar-refractivity contribution in [3.05, 3.63) is 63.7 Å². The number of hydrogen-bond donors (Lipinski definition) is 2. The molecule has 2 aromatic carbocycles. The first kappa shape index (κ1) is 17.4. The van der Waals surface area contributed by atoms with Crippen LogP contribution in [0, 0.1) is 10.1 Å². The van der Waals surface area contributed by atoms with E-state index in [1.165, 1.54) is 6.07 Å². The topological polar surface area (TPSA) is 111 Å². The van der Waals surface area contributed by atoms with Crippen LogP contribution in [0.1, 0.15) is 24.1 Å². The number of hydrogen-bond acceptors (Lipinski definition) is 5. The van der Waals surface area contributed by atoms with Crippen LogP contribution < -0.4 is 15.4 Å². The quantitative estimate of drug-likeness (QED) is 0.632. The zero-order valence-electron chi connectivity index (χ0n) is 14.0. The Kier molecular flexibility index (Phi) is 4.83. The van der Waals surface area contributed by atoms with Gasteiger partial charge in [-0.15, -0.1) is 0 Å². The fourth-order valence-electron chi connectivity index (χ4n) is 2.76. The average molecular weight is 355 g/mol. The Labute approximate surface area is 149 Å². The molecule has 1 aliphatic rings. The van der Waals surface area contributed by atoms with E-state index in [9.17, 15) is 19.7 Å². The third kappa shape index (κ3) is 3.80. The lowest BCUT2D eigenvalue weighted by Crippen LogP contribution is -2.29. The van der Waals surface area contributed by atoms with E-state index in [-0.39, 0.29) is 36.6 Å². The van der Waals surface area contributed by atoms with Crippen molar-refractivity contribution in [2.24, 2.45) is 0 Å². The summed E-state index contributed by atoms with van der Waals surface area (Å²) in [6.45, 7) is 1.78. The number of rotatable bonds is 5. The summed E-state index contributed by atoms with van der Waals surface area (Å²) < 4.78 is 5.30. The first-order valence-electron chi connectivity index (χ1n) is 8.02. The third-order valence-corrected chi connectivity index (χ3v) is 4.05. The van der Waals surface area contributed by atoms with E-state index in [0.717, 1.165) is 5.56 Å². The molecule has 2 N–H and O–H groups in total. The maximum absolute atomic E-state index is 12.3. The molecule has 0 saturated heterocycles. The molecule has 2 aromatic rings. The van der Waals surface area contributed by atoms with Crippen molar-refractivity contribution in [2.45, 2.75) is 19.4 Å². The minimum absolute atomic E-state index is 0.0194. The van der Waals surface area contributed by atoms with Crippen LogP contribution in [0.25, 0.3) is 0 Å². The Balaban J connectivity index is 1.69. The molecule has 0 fully saturated rings. The summed E-state index contributed by atoms with van der Waals surface area (Å²) in [6.07, 6.45) is -0.0910. The van der Waals surface area contributed by atoms with Crippen LogP contribution in [0.5, 0.6) is 5.75 Å². The van der Waals surface area contributed by atoms with Crippen LogP contribution in [0.3, 0.4) is 0 Å². The molecule has 1 atom stereocenters. The lowest BCUT2D eigenvalue weighted by molar-refractivity contribution is -0.385. The molecule has 0 aromatic heterocycles. The van der Waals surface area contributed by atoms with Gasteiger partial charge < -0.3 is 15.4 Å². The standard InChI is InChI=1S/C18H17N3O5/c1-11(12-6-7-16-14(8-12)20-18(23)10-26-16)19-17(22)9-13-4-2-3-5-15(13)21(24)25/h2-8,11H,9-10H2,1H3,(H,19,22)(H,20,23)/t11-/m1/s1. The van der Waals surface area contributed by atoms with Crippen molar-refractivity contribution in [1.29, 1.82) is 0 Å². The fraction of sp³-hybridized carbons (Fsp3) is 0.222. The molecule has 1 heterocycles. The summed E-state index contributed by atoms with van der Waals surface area (Å²) >= 11 is 0. The molecular formula is C18H17N3O5. The summed E-state index contributed by atoms with van der Waals surface area (Å²) in [5, 5.41) is 16.6. The van der Waals surface area contributed by atoms with E-state index >= 15 is 0 Å². The largest absolute Gasteiger partial charge is 0.482 e. The van der Waals surface area contributed by atoms with Crippen molar-refractivity contribution in [3.8, 4) is 5.75 Å². The first-order valence-corrected chi connectivity index (χ1v) is 8.02. The van der Waals surface area contributed by atoms with Crippen LogP contribution in [-0.2, 0) is 16.0 Å². The van der Waals surface area contributed by atoms with Gasteiger partial charge in [-0.25, -0.2) is 0 Å². The molecule has 134 valence electrons. The van der Waals surface area contributed by atoms with Crippen LogP contribution in [0.15, 0.2) is 42.5 Å². The lowest BCUT2D eigenvalue weighted by atomic mass is 10.1. The predicted molar refractivity (Wildman–Crippen MR) is 93.9 cm³/mol. The van der Waals surface area contributed by atoms with Crippen LogP contribution in [-0.4, -0.2) is 23.3 Å². The number of ether oxygens (including phenoxy) is 1. The van der Waals surface area contributed by atoms with Gasteiger partial charge in [-0.2, -0.15) is 0 Å². The Bertz CT molecular complexity index is 881. The molecule has 0 aliphatic carbocycles. The number of benzene rings is 2. The molecule has 2 amide bonds. The Hall–Kier alpha value is -3.42. The number of carbonyl (C=O) groups is 2. The number of carbonyl (C=O) groups excluding carboxylic acids is 2. The fourth-order valence-corrected chi connectivity index (χ4v) is 2.76. The number of nitro groups is 1. The minimum atomic E-state index is -0.502. The minimum Gasteiger partial charge on any atom is -0.482 e. The maximum Gasteiger partial charge on any atom is 0.273 e. The van der Waals surface area contributed by atoms with Crippen molar-refractivity contribution < 1.29 is 19.2 Å². The predicted octanol–water partition coefficient (Wildman–Crippen LogP) is 2.35. The van der Waals surface area contributed by atoms with Gasteiger partial charge in [0.1, 0.15) is 5.75 Å². The number of amides is 2. The number of nitrogens with one attached hydrogen (secondary N) is 2. The third-order valence-electron chi connectivity index (χ3n) is 4.05. The smallest absolute Gasteiger partial charge is 0.273 e. The van der Waals surface area contributed by atoms with Crippen molar-refractivity contribution in [1.82, 2.24) is 5.32 Å². The second-order valence-electron chi connectivity index (χ2n) is 5.94. The molecule has 8 heteroatoms. The summed E-state index contributed by atoms with van der Waals surface area (Å²) in [5.74, 6) is 0.0133. The number of anilines is 1. The number of para-hydroxylation sites is 1. The van der Waals surface area contributed by atoms with Gasteiger partial charge >= 0.3 is 0 Å². The van der Waals surface area contributed by atoms with Crippen LogP contribution in [0.2, 0.25) is 0 Å². The summed E-state index contributed by atoms with van der Waals surface area (Å²) in [6, 6.07) is 11.1. The van der Waals surface area contributed by atoms with Crippen LogP contribution >= 0.6 is 0 Å². The highest BCUT2D eigenvalue weighted by Crippen LogP contribution is 2.30. The molecule has 0 bridgehead atoms. The van der Waals surface area contributed by atoms with Crippen molar-refractivity contribution in [2.75, 3.05) is 11.9 Å². The van der Waals surface area contributed by atoms with E-state index < -0.39 is 4.92 Å². The average Bonchev–Trinajstić information content (AvgIpc) is 2.61. The zero-order chi connectivity index (χ0) is 18.7. The van der Waals surface area contributed by atoms with Gasteiger partial charge in [0.25, 0.3) is 11.6 Å². The van der Waals surface area contributed by atoms with Gasteiger partial charge in [0.2, 0.25) is 5.91 Å². The van der Waals surface area contributed by atoms with E-state index in [1.54, 1.807) is 43.3 Å². The van der Waals surface area contributed by atoms with Gasteiger partial charge in [0, 0.05) is 11.6 Å². The first-order chi connectivity index (χ1) is 12.4. The number of nitrogens with zero attached hydrogens (tertiary/aromatic N) is 1. The van der Waals surface area contributed by atoms with Gasteiger partial charge in [-0.05, 0) is 24.6 Å². The molecule has 3 rings (SSSR count). The SMILES string of the molecule is C[C@@H](NC(=O)Cc1ccccc1[N+](=O)[O-])c1ccc2c(c1)NC(=O)CO2. The molecule has 1 aliphatic heterocycles.